The molecule has 266 valence electrons. The number of rotatable bonds is 6. The normalized spacial score (nSPS) is 11.5. The summed E-state index contributed by atoms with van der Waals surface area (Å²) in [6, 6.07) is 82.2. The van der Waals surface area contributed by atoms with Crippen molar-refractivity contribution in [2.75, 3.05) is 4.90 Å². The molecule has 1 nitrogen and oxygen atoms in total. The first-order valence-electron chi connectivity index (χ1n) is 19.7. The van der Waals surface area contributed by atoms with Crippen molar-refractivity contribution in [3.05, 3.63) is 224 Å². The van der Waals surface area contributed by atoms with Crippen molar-refractivity contribution in [3.8, 4) is 33.4 Å². The summed E-state index contributed by atoms with van der Waals surface area (Å²) in [5.41, 5.74) is 10.5. The molecule has 1 heteroatoms. The molecule has 57 heavy (non-hydrogen) atoms. The lowest BCUT2D eigenvalue weighted by atomic mass is 9.91. The van der Waals surface area contributed by atoms with Crippen LogP contribution in [0, 0.1) is 0 Å². The molecule has 11 rings (SSSR count). The van der Waals surface area contributed by atoms with Crippen LogP contribution in [0.3, 0.4) is 0 Å². The Hall–Kier alpha value is -7.48. The van der Waals surface area contributed by atoms with E-state index in [1.165, 1.54) is 87.2 Å². The fourth-order valence-electron chi connectivity index (χ4n) is 8.70. The SMILES string of the molecule is c1ccc(-c2cc(N(c3ccc(-c4ccc5ccccc5c4)cc3)c3ccc4ccc5ccccc5c4c3)ccc2-c2ccc3ccc4ccccc4c3c2)cc1. The van der Waals surface area contributed by atoms with Gasteiger partial charge in [-0.05, 0) is 136 Å². The number of anilines is 3. The third kappa shape index (κ3) is 5.89. The number of hydrogen-bond acceptors (Lipinski definition) is 1. The van der Waals surface area contributed by atoms with Crippen molar-refractivity contribution in [3.63, 3.8) is 0 Å². The molecule has 0 aliphatic rings. The van der Waals surface area contributed by atoms with E-state index in [-0.39, 0.29) is 0 Å². The molecule has 0 bridgehead atoms. The zero-order valence-corrected chi connectivity index (χ0v) is 31.3. The Labute approximate surface area is 332 Å². The van der Waals surface area contributed by atoms with Crippen LogP contribution < -0.4 is 4.90 Å². The lowest BCUT2D eigenvalue weighted by molar-refractivity contribution is 1.29. The van der Waals surface area contributed by atoms with Gasteiger partial charge >= 0.3 is 0 Å². The van der Waals surface area contributed by atoms with E-state index in [2.05, 4.69) is 229 Å². The van der Waals surface area contributed by atoms with Crippen molar-refractivity contribution in [2.45, 2.75) is 0 Å². The lowest BCUT2D eigenvalue weighted by Gasteiger charge is -2.27. The van der Waals surface area contributed by atoms with Gasteiger partial charge in [0.1, 0.15) is 0 Å². The van der Waals surface area contributed by atoms with E-state index in [4.69, 9.17) is 0 Å². The third-order valence-electron chi connectivity index (χ3n) is 11.6. The van der Waals surface area contributed by atoms with Crippen LogP contribution in [-0.2, 0) is 0 Å². The van der Waals surface area contributed by atoms with Gasteiger partial charge in [-0.2, -0.15) is 0 Å². The molecule has 0 saturated carbocycles. The second-order valence-electron chi connectivity index (χ2n) is 15.0. The molecular formula is C56H37N. The minimum Gasteiger partial charge on any atom is -0.310 e. The Morgan fingerprint density at radius 3 is 1.40 bits per heavy atom. The van der Waals surface area contributed by atoms with E-state index in [9.17, 15) is 0 Å². The first kappa shape index (κ1) is 32.9. The summed E-state index contributed by atoms with van der Waals surface area (Å²) in [7, 11) is 0. The van der Waals surface area contributed by atoms with Crippen LogP contribution in [-0.4, -0.2) is 0 Å². The van der Waals surface area contributed by atoms with Gasteiger partial charge in [-0.3, -0.25) is 0 Å². The predicted octanol–water partition coefficient (Wildman–Crippen LogP) is 15.9. The predicted molar refractivity (Wildman–Crippen MR) is 245 cm³/mol. The maximum Gasteiger partial charge on any atom is 0.0468 e. The third-order valence-corrected chi connectivity index (χ3v) is 11.6. The molecular weight excluding hydrogens is 687 g/mol. The zero-order chi connectivity index (χ0) is 37.7. The monoisotopic (exact) mass is 723 g/mol. The molecule has 0 heterocycles. The largest absolute Gasteiger partial charge is 0.310 e. The molecule has 0 amide bonds. The lowest BCUT2D eigenvalue weighted by Crippen LogP contribution is -2.10. The van der Waals surface area contributed by atoms with Gasteiger partial charge in [-0.25, -0.2) is 0 Å². The fourth-order valence-corrected chi connectivity index (χ4v) is 8.70. The van der Waals surface area contributed by atoms with Crippen LogP contribution in [0.4, 0.5) is 17.1 Å². The van der Waals surface area contributed by atoms with Gasteiger partial charge in [0.25, 0.3) is 0 Å². The first-order chi connectivity index (χ1) is 28.2. The topological polar surface area (TPSA) is 3.24 Å². The molecule has 0 aliphatic carbocycles. The van der Waals surface area contributed by atoms with Crippen molar-refractivity contribution in [1.29, 1.82) is 0 Å². The smallest absolute Gasteiger partial charge is 0.0468 e. The van der Waals surface area contributed by atoms with Crippen molar-refractivity contribution in [1.82, 2.24) is 0 Å². The van der Waals surface area contributed by atoms with E-state index in [1.54, 1.807) is 0 Å². The quantitative estimate of drug-likeness (QED) is 0.154. The Kier molecular flexibility index (Phi) is 7.89. The van der Waals surface area contributed by atoms with Crippen LogP contribution in [0.5, 0.6) is 0 Å². The Morgan fingerprint density at radius 1 is 0.211 bits per heavy atom. The van der Waals surface area contributed by atoms with Crippen molar-refractivity contribution < 1.29 is 0 Å². The summed E-state index contributed by atoms with van der Waals surface area (Å²) < 4.78 is 0. The van der Waals surface area contributed by atoms with E-state index in [0.717, 1.165) is 17.1 Å². The summed E-state index contributed by atoms with van der Waals surface area (Å²) >= 11 is 0. The van der Waals surface area contributed by atoms with E-state index >= 15 is 0 Å². The van der Waals surface area contributed by atoms with Crippen LogP contribution in [0.15, 0.2) is 224 Å². The Bertz CT molecular complexity index is 3290. The number of benzene rings is 11. The molecule has 11 aromatic rings. The highest BCUT2D eigenvalue weighted by Gasteiger charge is 2.18. The van der Waals surface area contributed by atoms with E-state index in [0.29, 0.717) is 0 Å². The molecule has 0 atom stereocenters. The van der Waals surface area contributed by atoms with Crippen LogP contribution in [0.25, 0.3) is 87.2 Å². The molecule has 0 aromatic heterocycles. The summed E-state index contributed by atoms with van der Waals surface area (Å²) in [4.78, 5) is 2.41. The van der Waals surface area contributed by atoms with Crippen LogP contribution >= 0.6 is 0 Å². The minimum atomic E-state index is 1.10. The average molecular weight is 724 g/mol. The minimum absolute atomic E-state index is 1.10. The van der Waals surface area contributed by atoms with Gasteiger partial charge in [0.15, 0.2) is 0 Å². The Balaban J connectivity index is 1.10. The maximum atomic E-state index is 2.41. The fraction of sp³-hybridized carbons (Fsp3) is 0. The summed E-state index contributed by atoms with van der Waals surface area (Å²) in [6.45, 7) is 0. The Morgan fingerprint density at radius 2 is 0.684 bits per heavy atom. The van der Waals surface area contributed by atoms with Gasteiger partial charge in [0.2, 0.25) is 0 Å². The zero-order valence-electron chi connectivity index (χ0n) is 31.3. The molecule has 0 fully saturated rings. The molecule has 0 N–H and O–H groups in total. The van der Waals surface area contributed by atoms with Gasteiger partial charge < -0.3 is 4.90 Å². The van der Waals surface area contributed by atoms with Gasteiger partial charge in [-0.1, -0.05) is 176 Å². The number of nitrogens with zero attached hydrogens (tertiary/aromatic N) is 1. The highest BCUT2D eigenvalue weighted by molar-refractivity contribution is 6.10. The average Bonchev–Trinajstić information content (AvgIpc) is 3.29. The standard InChI is InChI=1S/C56H37N/c1-2-11-40(12-3-1)55-37-50(32-33-53(55)47-25-23-43-21-19-41-13-6-8-16-51(41)54(43)35-47)57(49-31-28-44-22-20-42-14-7-9-17-52(42)56(44)36-49)48-29-26-39(27-30-48)46-24-18-38-10-4-5-15-45(38)34-46/h1-37H. The van der Waals surface area contributed by atoms with Gasteiger partial charge in [-0.15, -0.1) is 0 Å². The first-order valence-corrected chi connectivity index (χ1v) is 19.7. The summed E-state index contributed by atoms with van der Waals surface area (Å²) in [5, 5.41) is 12.5. The molecule has 0 aliphatic heterocycles. The van der Waals surface area contributed by atoms with Crippen LogP contribution in [0.2, 0.25) is 0 Å². The van der Waals surface area contributed by atoms with E-state index < -0.39 is 0 Å². The molecule has 0 unspecified atom stereocenters. The highest BCUT2D eigenvalue weighted by atomic mass is 15.1. The van der Waals surface area contributed by atoms with Gasteiger partial charge in [0.05, 0.1) is 0 Å². The van der Waals surface area contributed by atoms with Crippen LogP contribution in [0.1, 0.15) is 0 Å². The maximum absolute atomic E-state index is 2.41. The second kappa shape index (κ2) is 13.7. The number of hydrogen-bond donors (Lipinski definition) is 0. The summed E-state index contributed by atoms with van der Waals surface area (Å²) in [5.74, 6) is 0. The summed E-state index contributed by atoms with van der Waals surface area (Å²) in [6.07, 6.45) is 0. The van der Waals surface area contributed by atoms with Gasteiger partial charge in [0, 0.05) is 17.1 Å². The highest BCUT2D eigenvalue weighted by Crippen LogP contribution is 2.43. The molecule has 0 saturated heterocycles. The second-order valence-corrected chi connectivity index (χ2v) is 15.0. The molecule has 0 spiro atoms. The number of fused-ring (bicyclic) bond motifs is 7. The van der Waals surface area contributed by atoms with Crippen molar-refractivity contribution >= 4 is 70.9 Å². The van der Waals surface area contributed by atoms with Crippen molar-refractivity contribution in [2.24, 2.45) is 0 Å². The molecule has 11 aromatic carbocycles. The molecule has 0 radical (unpaired) electrons. The van der Waals surface area contributed by atoms with E-state index in [1.807, 2.05) is 0 Å².